The van der Waals surface area contributed by atoms with E-state index < -0.39 is 0 Å². The van der Waals surface area contributed by atoms with Crippen molar-refractivity contribution in [3.63, 3.8) is 0 Å². The summed E-state index contributed by atoms with van der Waals surface area (Å²) in [4.78, 5) is 12.5. The number of ether oxygens (including phenoxy) is 2. The molecule has 1 aromatic carbocycles. The Balaban J connectivity index is 1.70. The van der Waals surface area contributed by atoms with Crippen molar-refractivity contribution in [2.24, 2.45) is 16.9 Å². The smallest absolute Gasteiger partial charge is 0.141 e. The van der Waals surface area contributed by atoms with Gasteiger partial charge in [0.15, 0.2) is 0 Å². The van der Waals surface area contributed by atoms with Gasteiger partial charge in [0.25, 0.3) is 0 Å². The lowest BCUT2D eigenvalue weighted by molar-refractivity contribution is -0.146. The average molecular weight is 358 g/mol. The first-order valence-corrected chi connectivity index (χ1v) is 9.42. The zero-order valence-electron chi connectivity index (χ0n) is 16.2. The van der Waals surface area contributed by atoms with Crippen molar-refractivity contribution >= 4 is 17.2 Å². The van der Waals surface area contributed by atoms with Gasteiger partial charge >= 0.3 is 0 Å². The lowest BCUT2D eigenvalue weighted by Gasteiger charge is -2.39. The van der Waals surface area contributed by atoms with Gasteiger partial charge in [-0.05, 0) is 46.2 Å². The molecule has 5 nitrogen and oxygen atoms in total. The Kier molecular flexibility index (Phi) is 5.49. The molecule has 26 heavy (non-hydrogen) atoms. The normalized spacial score (nSPS) is 29.5. The first kappa shape index (κ1) is 19.1. The van der Waals surface area contributed by atoms with E-state index in [0.717, 1.165) is 24.2 Å². The number of hydrazone groups is 1. The van der Waals surface area contributed by atoms with Crippen molar-refractivity contribution in [1.29, 1.82) is 0 Å². The molecule has 2 atom stereocenters. The first-order chi connectivity index (χ1) is 12.2. The second-order valence-corrected chi connectivity index (χ2v) is 8.67. The van der Waals surface area contributed by atoms with E-state index in [1.165, 1.54) is 0 Å². The van der Waals surface area contributed by atoms with E-state index >= 15 is 0 Å². The standard InChI is InChI=1S/C21H30N2O3/c1-20(2)11-18(23-22-17-8-6-5-7-9-17)15(13-25-20)10-16-14-26-21(3,4)12-19(16)24/h5-9,15-16,22H,10-14H2,1-4H3/b23-18-/t15-,16+/m0/s1. The zero-order valence-corrected chi connectivity index (χ0v) is 16.2. The summed E-state index contributed by atoms with van der Waals surface area (Å²) in [5.74, 6) is 0.360. The predicted molar refractivity (Wildman–Crippen MR) is 103 cm³/mol. The van der Waals surface area contributed by atoms with Crippen molar-refractivity contribution in [3.05, 3.63) is 30.3 Å². The van der Waals surface area contributed by atoms with Gasteiger partial charge in [-0.15, -0.1) is 0 Å². The second-order valence-electron chi connectivity index (χ2n) is 8.67. The van der Waals surface area contributed by atoms with E-state index in [0.29, 0.717) is 25.4 Å². The van der Waals surface area contributed by atoms with Crippen molar-refractivity contribution in [1.82, 2.24) is 0 Å². The number of Topliss-reactive ketones (excluding diaryl/α,β-unsaturated/α-hetero) is 1. The molecule has 3 rings (SSSR count). The van der Waals surface area contributed by atoms with Crippen LogP contribution in [0.1, 0.15) is 47.0 Å². The topological polar surface area (TPSA) is 59.9 Å². The fraction of sp³-hybridized carbons (Fsp3) is 0.619. The summed E-state index contributed by atoms with van der Waals surface area (Å²) in [5.41, 5.74) is 4.62. The maximum Gasteiger partial charge on any atom is 0.141 e. The summed E-state index contributed by atoms with van der Waals surface area (Å²) >= 11 is 0. The number of hydrogen-bond acceptors (Lipinski definition) is 5. The van der Waals surface area contributed by atoms with Crippen LogP contribution >= 0.6 is 0 Å². The van der Waals surface area contributed by atoms with Gasteiger partial charge in [0.05, 0.1) is 30.1 Å². The van der Waals surface area contributed by atoms with Crippen LogP contribution in [-0.4, -0.2) is 35.9 Å². The summed E-state index contributed by atoms with van der Waals surface area (Å²) in [7, 11) is 0. The highest BCUT2D eigenvalue weighted by Gasteiger charge is 2.39. The molecule has 5 heteroatoms. The van der Waals surface area contributed by atoms with E-state index in [1.807, 2.05) is 44.2 Å². The monoisotopic (exact) mass is 358 g/mol. The zero-order chi connectivity index (χ0) is 18.8. The Morgan fingerprint density at radius 2 is 1.62 bits per heavy atom. The molecule has 2 heterocycles. The molecule has 0 aliphatic carbocycles. The number of benzene rings is 1. The van der Waals surface area contributed by atoms with Gasteiger partial charge in [0, 0.05) is 30.4 Å². The minimum atomic E-state index is -0.343. The van der Waals surface area contributed by atoms with Crippen LogP contribution < -0.4 is 5.43 Å². The number of rotatable bonds is 4. The highest BCUT2D eigenvalue weighted by Crippen LogP contribution is 2.33. The quantitative estimate of drug-likeness (QED) is 0.825. The molecular weight excluding hydrogens is 328 g/mol. The van der Waals surface area contributed by atoms with E-state index in [1.54, 1.807) is 0 Å². The van der Waals surface area contributed by atoms with Crippen LogP contribution in [0.5, 0.6) is 0 Å². The molecule has 1 aromatic rings. The Hall–Kier alpha value is -1.72. The van der Waals surface area contributed by atoms with Gasteiger partial charge in [0.2, 0.25) is 0 Å². The third-order valence-electron chi connectivity index (χ3n) is 5.16. The van der Waals surface area contributed by atoms with Crippen LogP contribution in [0, 0.1) is 11.8 Å². The van der Waals surface area contributed by atoms with Gasteiger partial charge < -0.3 is 9.47 Å². The largest absolute Gasteiger partial charge is 0.374 e. The number of carbonyl (C=O) groups excluding carboxylic acids is 1. The number of ketones is 1. The minimum absolute atomic E-state index is 0.0697. The number of para-hydroxylation sites is 1. The summed E-state index contributed by atoms with van der Waals surface area (Å²) in [5, 5.41) is 4.68. The fourth-order valence-electron chi connectivity index (χ4n) is 3.61. The molecule has 2 fully saturated rings. The number of nitrogens with zero attached hydrogens (tertiary/aromatic N) is 1. The summed E-state index contributed by atoms with van der Waals surface area (Å²) in [6, 6.07) is 9.92. The Labute approximate surface area is 156 Å². The molecule has 0 saturated carbocycles. The summed E-state index contributed by atoms with van der Waals surface area (Å²) in [6.45, 7) is 9.20. The lowest BCUT2D eigenvalue weighted by atomic mass is 9.80. The molecule has 2 saturated heterocycles. The van der Waals surface area contributed by atoms with Crippen LogP contribution in [0.4, 0.5) is 5.69 Å². The van der Waals surface area contributed by atoms with E-state index in [-0.39, 0.29) is 23.0 Å². The molecule has 142 valence electrons. The lowest BCUT2D eigenvalue weighted by Crippen LogP contribution is -2.45. The van der Waals surface area contributed by atoms with Gasteiger partial charge in [0.1, 0.15) is 5.78 Å². The Morgan fingerprint density at radius 1 is 1.00 bits per heavy atom. The fourth-order valence-corrected chi connectivity index (χ4v) is 3.61. The predicted octanol–water partition coefficient (Wildman–Crippen LogP) is 4.04. The first-order valence-electron chi connectivity index (χ1n) is 9.42. The molecule has 0 spiro atoms. The van der Waals surface area contributed by atoms with E-state index in [2.05, 4.69) is 24.4 Å². The molecule has 2 aliphatic heterocycles. The van der Waals surface area contributed by atoms with Crippen LogP contribution in [0.2, 0.25) is 0 Å². The minimum Gasteiger partial charge on any atom is -0.374 e. The second kappa shape index (κ2) is 7.49. The number of nitrogens with one attached hydrogen (secondary N) is 1. The van der Waals surface area contributed by atoms with Gasteiger partial charge in [-0.2, -0.15) is 5.10 Å². The van der Waals surface area contributed by atoms with Crippen molar-refractivity contribution in [3.8, 4) is 0 Å². The molecule has 0 aromatic heterocycles. The third-order valence-corrected chi connectivity index (χ3v) is 5.16. The Morgan fingerprint density at radius 3 is 2.27 bits per heavy atom. The summed E-state index contributed by atoms with van der Waals surface area (Å²) in [6.07, 6.45) is 1.97. The molecule has 0 bridgehead atoms. The van der Waals surface area contributed by atoms with Crippen LogP contribution in [-0.2, 0) is 14.3 Å². The van der Waals surface area contributed by atoms with Gasteiger partial charge in [-0.25, -0.2) is 0 Å². The van der Waals surface area contributed by atoms with E-state index in [4.69, 9.17) is 9.47 Å². The maximum atomic E-state index is 12.5. The molecule has 0 unspecified atom stereocenters. The Bertz CT molecular complexity index is 667. The number of carbonyl (C=O) groups is 1. The van der Waals surface area contributed by atoms with Gasteiger partial charge in [-0.3, -0.25) is 10.2 Å². The highest BCUT2D eigenvalue weighted by atomic mass is 16.5. The highest BCUT2D eigenvalue weighted by molar-refractivity contribution is 5.90. The van der Waals surface area contributed by atoms with Crippen molar-refractivity contribution in [2.45, 2.75) is 58.2 Å². The van der Waals surface area contributed by atoms with Crippen LogP contribution in [0.25, 0.3) is 0 Å². The van der Waals surface area contributed by atoms with Crippen LogP contribution in [0.15, 0.2) is 35.4 Å². The van der Waals surface area contributed by atoms with E-state index in [9.17, 15) is 4.79 Å². The van der Waals surface area contributed by atoms with Crippen molar-refractivity contribution in [2.75, 3.05) is 18.6 Å². The maximum absolute atomic E-state index is 12.5. The molecular formula is C21H30N2O3. The molecule has 0 radical (unpaired) electrons. The molecule has 2 aliphatic rings. The average Bonchev–Trinajstić information content (AvgIpc) is 2.57. The summed E-state index contributed by atoms with van der Waals surface area (Å²) < 4.78 is 11.9. The van der Waals surface area contributed by atoms with Gasteiger partial charge in [-0.1, -0.05) is 18.2 Å². The number of anilines is 1. The SMILES string of the molecule is CC1(C)CC(=O)[C@H](C[C@H]2COC(C)(C)C/C2=N/Nc2ccccc2)CO1. The number of hydrogen-bond donors (Lipinski definition) is 1. The third kappa shape index (κ3) is 4.92. The molecule has 0 amide bonds. The van der Waals surface area contributed by atoms with Crippen LogP contribution in [0.3, 0.4) is 0 Å². The molecule has 1 N–H and O–H groups in total. The van der Waals surface area contributed by atoms with Crippen molar-refractivity contribution < 1.29 is 14.3 Å².